The van der Waals surface area contributed by atoms with E-state index in [4.69, 9.17) is 15.2 Å². The van der Waals surface area contributed by atoms with Crippen LogP contribution in [0.4, 0.5) is 4.79 Å². The molecule has 0 radical (unpaired) electrons. The van der Waals surface area contributed by atoms with Gasteiger partial charge in [0.15, 0.2) is 0 Å². The van der Waals surface area contributed by atoms with Gasteiger partial charge in [-0.2, -0.15) is 0 Å². The predicted molar refractivity (Wildman–Crippen MR) is 94.9 cm³/mol. The first-order chi connectivity index (χ1) is 10.8. The van der Waals surface area contributed by atoms with Gasteiger partial charge in [-0.25, -0.2) is 4.79 Å². The van der Waals surface area contributed by atoms with Crippen LogP contribution in [-0.2, 0) is 20.9 Å². The van der Waals surface area contributed by atoms with Crippen molar-refractivity contribution in [1.29, 1.82) is 0 Å². The molecule has 1 amide bonds. The monoisotopic (exact) mass is 358 g/mol. The molecule has 6 nitrogen and oxygen atoms in total. The topological polar surface area (TPSA) is 90.6 Å². The summed E-state index contributed by atoms with van der Waals surface area (Å²) in [6, 6.07) is 8.72. The van der Waals surface area contributed by atoms with Crippen molar-refractivity contribution in [1.82, 2.24) is 5.32 Å². The van der Waals surface area contributed by atoms with Gasteiger partial charge in [-0.05, 0) is 39.2 Å². The van der Waals surface area contributed by atoms with Crippen molar-refractivity contribution in [2.24, 2.45) is 5.73 Å². The Bertz CT molecular complexity index is 503. The fourth-order valence-corrected chi connectivity index (χ4v) is 1.78. The lowest BCUT2D eigenvalue weighted by Gasteiger charge is -2.19. The second-order valence-corrected chi connectivity index (χ2v) is 6.27. The maximum atomic E-state index is 11.8. The molecule has 1 unspecified atom stereocenters. The van der Waals surface area contributed by atoms with E-state index >= 15 is 0 Å². The summed E-state index contributed by atoms with van der Waals surface area (Å²) in [6.45, 7) is 6.00. The Labute approximate surface area is 149 Å². The number of benzene rings is 1. The molecule has 0 heterocycles. The van der Waals surface area contributed by atoms with E-state index in [2.05, 4.69) is 5.32 Å². The van der Waals surface area contributed by atoms with Gasteiger partial charge in [-0.3, -0.25) is 4.79 Å². The molecular weight excluding hydrogens is 332 g/mol. The van der Waals surface area contributed by atoms with E-state index in [0.717, 1.165) is 5.56 Å². The second-order valence-electron chi connectivity index (χ2n) is 6.27. The first-order valence-electron chi connectivity index (χ1n) is 7.71. The van der Waals surface area contributed by atoms with E-state index < -0.39 is 23.7 Å². The Balaban J connectivity index is 0.00000529. The third-order valence-electron chi connectivity index (χ3n) is 2.89. The second kappa shape index (κ2) is 10.9. The van der Waals surface area contributed by atoms with Crippen LogP contribution in [0.3, 0.4) is 0 Å². The summed E-state index contributed by atoms with van der Waals surface area (Å²) >= 11 is 0. The van der Waals surface area contributed by atoms with Crippen molar-refractivity contribution >= 4 is 24.5 Å². The average Bonchev–Trinajstić information content (AvgIpc) is 2.48. The molecule has 7 heteroatoms. The number of rotatable bonds is 7. The molecule has 0 spiro atoms. The Morgan fingerprint density at radius 1 is 1.21 bits per heavy atom. The number of hydrogen-bond donors (Lipinski definition) is 2. The molecule has 136 valence electrons. The summed E-state index contributed by atoms with van der Waals surface area (Å²) in [4.78, 5) is 23.2. The minimum atomic E-state index is -0.695. The van der Waals surface area contributed by atoms with Crippen LogP contribution in [0.2, 0.25) is 0 Å². The van der Waals surface area contributed by atoms with Crippen molar-refractivity contribution in [2.45, 2.75) is 51.9 Å². The summed E-state index contributed by atoms with van der Waals surface area (Å²) in [5, 5.41) is 2.62. The highest BCUT2D eigenvalue weighted by atomic mass is 35.5. The minimum absolute atomic E-state index is 0. The maximum Gasteiger partial charge on any atom is 0.407 e. The highest BCUT2D eigenvalue weighted by Crippen LogP contribution is 2.07. The molecule has 1 rings (SSSR count). The standard InChI is InChI=1S/C17H26N2O4.ClH/c1-17(2,3)23-16(21)19-11-7-10-14(18)15(20)22-12-13-8-5-4-6-9-13;/h4-6,8-9,14H,7,10-12,18H2,1-3H3,(H,19,21);1H. The molecule has 0 fully saturated rings. The highest BCUT2D eigenvalue weighted by Gasteiger charge is 2.17. The van der Waals surface area contributed by atoms with Gasteiger partial charge < -0.3 is 20.5 Å². The molecule has 1 atom stereocenters. The molecule has 3 N–H and O–H groups in total. The zero-order valence-electron chi connectivity index (χ0n) is 14.4. The van der Waals surface area contributed by atoms with Crippen molar-refractivity contribution < 1.29 is 19.1 Å². The lowest BCUT2D eigenvalue weighted by Crippen LogP contribution is -2.35. The molecule has 0 saturated carbocycles. The average molecular weight is 359 g/mol. The van der Waals surface area contributed by atoms with Gasteiger partial charge >= 0.3 is 12.1 Å². The molecule has 1 aromatic rings. The Morgan fingerprint density at radius 3 is 2.42 bits per heavy atom. The van der Waals surface area contributed by atoms with Crippen LogP contribution in [0, 0.1) is 0 Å². The van der Waals surface area contributed by atoms with Gasteiger partial charge in [0.1, 0.15) is 18.2 Å². The number of ether oxygens (including phenoxy) is 2. The Kier molecular flexibility index (Phi) is 10.1. The predicted octanol–water partition coefficient (Wildman–Crippen LogP) is 2.78. The molecule has 0 aliphatic heterocycles. The van der Waals surface area contributed by atoms with Gasteiger partial charge in [0.25, 0.3) is 0 Å². The molecule has 0 aliphatic carbocycles. The number of alkyl carbamates (subject to hydrolysis) is 1. The van der Waals surface area contributed by atoms with Crippen LogP contribution in [0.25, 0.3) is 0 Å². The van der Waals surface area contributed by atoms with Crippen LogP contribution in [0.15, 0.2) is 30.3 Å². The third kappa shape index (κ3) is 10.1. The Morgan fingerprint density at radius 2 is 1.83 bits per heavy atom. The molecular formula is C17H27ClN2O4. The number of esters is 1. The summed E-state index contributed by atoms with van der Waals surface area (Å²) < 4.78 is 10.3. The van der Waals surface area contributed by atoms with E-state index in [9.17, 15) is 9.59 Å². The SMILES string of the molecule is CC(C)(C)OC(=O)NCCCC(N)C(=O)OCc1ccccc1.Cl. The number of nitrogens with one attached hydrogen (secondary N) is 1. The van der Waals surface area contributed by atoms with Crippen LogP contribution in [0.5, 0.6) is 0 Å². The molecule has 24 heavy (non-hydrogen) atoms. The zero-order valence-corrected chi connectivity index (χ0v) is 15.2. The number of carbonyl (C=O) groups excluding carboxylic acids is 2. The van der Waals surface area contributed by atoms with Crippen LogP contribution in [-0.4, -0.2) is 30.3 Å². The third-order valence-corrected chi connectivity index (χ3v) is 2.89. The van der Waals surface area contributed by atoms with Gasteiger partial charge in [0.2, 0.25) is 0 Å². The van der Waals surface area contributed by atoms with Gasteiger partial charge in [0.05, 0.1) is 0 Å². The lowest BCUT2D eigenvalue weighted by atomic mass is 10.1. The smallest absolute Gasteiger partial charge is 0.407 e. The first-order valence-corrected chi connectivity index (χ1v) is 7.71. The summed E-state index contributed by atoms with van der Waals surface area (Å²) in [5.74, 6) is -0.439. The van der Waals surface area contributed by atoms with Gasteiger partial charge in [-0.15, -0.1) is 12.4 Å². The first kappa shape index (κ1) is 22.2. The largest absolute Gasteiger partial charge is 0.460 e. The fourth-order valence-electron chi connectivity index (χ4n) is 1.78. The number of amides is 1. The number of halogens is 1. The molecule has 0 saturated heterocycles. The number of nitrogens with two attached hydrogens (primary N) is 1. The van der Waals surface area contributed by atoms with Crippen molar-refractivity contribution in [3.63, 3.8) is 0 Å². The zero-order chi connectivity index (χ0) is 17.3. The molecule has 1 aromatic carbocycles. The van der Waals surface area contributed by atoms with Crippen molar-refractivity contribution in [3.8, 4) is 0 Å². The number of carbonyl (C=O) groups is 2. The van der Waals surface area contributed by atoms with Gasteiger partial charge in [0, 0.05) is 6.54 Å². The minimum Gasteiger partial charge on any atom is -0.460 e. The summed E-state index contributed by atoms with van der Waals surface area (Å²) in [7, 11) is 0. The van der Waals surface area contributed by atoms with E-state index in [1.807, 2.05) is 30.3 Å². The lowest BCUT2D eigenvalue weighted by molar-refractivity contribution is -0.146. The van der Waals surface area contributed by atoms with Crippen LogP contribution >= 0.6 is 12.4 Å². The number of hydrogen-bond acceptors (Lipinski definition) is 5. The maximum absolute atomic E-state index is 11.8. The van der Waals surface area contributed by atoms with E-state index in [0.29, 0.717) is 19.4 Å². The summed E-state index contributed by atoms with van der Waals surface area (Å²) in [6.07, 6.45) is 0.530. The quantitative estimate of drug-likeness (QED) is 0.577. The van der Waals surface area contributed by atoms with E-state index in [1.54, 1.807) is 20.8 Å². The Hall–Kier alpha value is -1.79. The molecule has 0 aromatic heterocycles. The van der Waals surface area contributed by atoms with Crippen LogP contribution in [0.1, 0.15) is 39.2 Å². The molecule has 0 aliphatic rings. The fraction of sp³-hybridized carbons (Fsp3) is 0.529. The van der Waals surface area contributed by atoms with Crippen LogP contribution < -0.4 is 11.1 Å². The van der Waals surface area contributed by atoms with Gasteiger partial charge in [-0.1, -0.05) is 30.3 Å². The summed E-state index contributed by atoms with van der Waals surface area (Å²) in [5.41, 5.74) is 6.17. The molecule has 0 bridgehead atoms. The highest BCUT2D eigenvalue weighted by molar-refractivity contribution is 5.85. The van der Waals surface area contributed by atoms with E-state index in [1.165, 1.54) is 0 Å². The van der Waals surface area contributed by atoms with Crippen molar-refractivity contribution in [2.75, 3.05) is 6.54 Å². The normalized spacial score (nSPS) is 11.8. The van der Waals surface area contributed by atoms with E-state index in [-0.39, 0.29) is 19.0 Å². The van der Waals surface area contributed by atoms with Crippen molar-refractivity contribution in [3.05, 3.63) is 35.9 Å².